The number of thiazole rings is 1. The molecule has 1 saturated heterocycles. The number of nitrogens with one attached hydrogen (secondary N) is 1. The molecule has 1 aromatic heterocycles. The van der Waals surface area contributed by atoms with Gasteiger partial charge in [-0.1, -0.05) is 48.0 Å². The van der Waals surface area contributed by atoms with E-state index >= 15 is 0 Å². The van der Waals surface area contributed by atoms with E-state index in [2.05, 4.69) is 46.1 Å². The predicted molar refractivity (Wildman–Crippen MR) is 166 cm³/mol. The summed E-state index contributed by atoms with van der Waals surface area (Å²) in [4.78, 5) is 35.3. The van der Waals surface area contributed by atoms with Gasteiger partial charge in [0, 0.05) is 34.5 Å². The Morgan fingerprint density at radius 3 is 2.25 bits per heavy atom. The maximum absolute atomic E-state index is 14.0. The second-order valence-corrected chi connectivity index (χ2v) is 13.7. The molecule has 1 N–H and O–H groups in total. The Balaban J connectivity index is 1.54. The third-order valence-electron chi connectivity index (χ3n) is 6.90. The zero-order valence-electron chi connectivity index (χ0n) is 24.3. The van der Waals surface area contributed by atoms with Crippen LogP contribution in [0.3, 0.4) is 0 Å². The standard InChI is InChI=1S/C31H39BrN4O3S/c1-19-12-20(2)14-25(13-19)36(29-33-26(18-40-29)23-8-10-24(32)11-9-23)27(37)17-35-15-21(3)28(22(4)16-35)34-30(38)39-31(5,6)7/h8-14,18,21-22,28H,15-17H2,1-7H3,(H,34,38). The third-order valence-corrected chi connectivity index (χ3v) is 8.25. The highest BCUT2D eigenvalue weighted by Gasteiger charge is 2.35. The minimum atomic E-state index is -0.547. The largest absolute Gasteiger partial charge is 0.444 e. The Morgan fingerprint density at radius 2 is 1.68 bits per heavy atom. The van der Waals surface area contributed by atoms with Gasteiger partial charge in [0.2, 0.25) is 5.91 Å². The van der Waals surface area contributed by atoms with Crippen LogP contribution in [-0.4, -0.2) is 53.2 Å². The van der Waals surface area contributed by atoms with Crippen molar-refractivity contribution in [1.82, 2.24) is 15.2 Å². The maximum atomic E-state index is 14.0. The number of halogens is 1. The number of nitrogens with zero attached hydrogens (tertiary/aromatic N) is 3. The number of aryl methyl sites for hydroxylation is 2. The molecule has 3 aromatic rings. The van der Waals surface area contributed by atoms with Crippen molar-refractivity contribution in [2.24, 2.45) is 11.8 Å². The summed E-state index contributed by atoms with van der Waals surface area (Å²) >= 11 is 4.96. The summed E-state index contributed by atoms with van der Waals surface area (Å²) in [6, 6.07) is 14.2. The number of hydrogen-bond acceptors (Lipinski definition) is 6. The number of hydrogen-bond donors (Lipinski definition) is 1. The molecule has 1 fully saturated rings. The first-order valence-electron chi connectivity index (χ1n) is 13.6. The number of piperidine rings is 1. The number of carbonyl (C=O) groups is 2. The molecule has 7 nitrogen and oxygen atoms in total. The first kappa shape index (κ1) is 30.2. The number of amides is 2. The average molecular weight is 628 g/mol. The van der Waals surface area contributed by atoms with Crippen LogP contribution in [0.2, 0.25) is 0 Å². The Bertz CT molecular complexity index is 1320. The zero-order valence-corrected chi connectivity index (χ0v) is 26.7. The van der Waals surface area contributed by atoms with E-state index in [4.69, 9.17) is 9.72 Å². The van der Waals surface area contributed by atoms with Gasteiger partial charge < -0.3 is 10.1 Å². The number of ether oxygens (including phenoxy) is 1. The summed E-state index contributed by atoms with van der Waals surface area (Å²) in [6.45, 7) is 15.5. The molecule has 2 amide bonds. The monoisotopic (exact) mass is 626 g/mol. The molecular formula is C31H39BrN4O3S. The van der Waals surface area contributed by atoms with E-state index in [-0.39, 0.29) is 30.3 Å². The van der Waals surface area contributed by atoms with Crippen molar-refractivity contribution in [3.8, 4) is 11.3 Å². The molecule has 1 aliphatic rings. The SMILES string of the molecule is Cc1cc(C)cc(N(C(=O)CN2CC(C)C(NC(=O)OC(C)(C)C)C(C)C2)c2nc(-c3ccc(Br)cc3)cs2)c1. The van der Waals surface area contributed by atoms with Gasteiger partial charge in [-0.3, -0.25) is 14.6 Å². The van der Waals surface area contributed by atoms with Crippen molar-refractivity contribution in [3.05, 3.63) is 63.4 Å². The zero-order chi connectivity index (χ0) is 29.2. The number of rotatable bonds is 6. The fourth-order valence-corrected chi connectivity index (χ4v) is 6.49. The van der Waals surface area contributed by atoms with E-state index in [1.807, 2.05) is 76.4 Å². The average Bonchev–Trinajstić information content (AvgIpc) is 3.30. The molecule has 9 heteroatoms. The molecule has 0 saturated carbocycles. The second-order valence-electron chi connectivity index (χ2n) is 11.9. The van der Waals surface area contributed by atoms with Crippen molar-refractivity contribution >= 4 is 50.1 Å². The van der Waals surface area contributed by atoms with Crippen LogP contribution in [0, 0.1) is 25.7 Å². The summed E-state index contributed by atoms with van der Waals surface area (Å²) in [5.41, 5.74) is 4.30. The smallest absolute Gasteiger partial charge is 0.407 e. The van der Waals surface area contributed by atoms with Gasteiger partial charge in [-0.05, 0) is 81.8 Å². The van der Waals surface area contributed by atoms with Crippen LogP contribution in [-0.2, 0) is 9.53 Å². The lowest BCUT2D eigenvalue weighted by Gasteiger charge is -2.41. The molecular weight excluding hydrogens is 588 g/mol. The van der Waals surface area contributed by atoms with Gasteiger partial charge >= 0.3 is 6.09 Å². The van der Waals surface area contributed by atoms with Crippen LogP contribution in [0.5, 0.6) is 0 Å². The molecule has 40 heavy (non-hydrogen) atoms. The van der Waals surface area contributed by atoms with E-state index in [9.17, 15) is 9.59 Å². The normalized spacial score (nSPS) is 19.8. The fraction of sp³-hybridized carbons (Fsp3) is 0.452. The van der Waals surface area contributed by atoms with Gasteiger partial charge in [0.25, 0.3) is 0 Å². The highest BCUT2D eigenvalue weighted by molar-refractivity contribution is 9.10. The molecule has 2 aromatic carbocycles. The number of aromatic nitrogens is 1. The van der Waals surface area contributed by atoms with E-state index in [1.165, 1.54) is 11.3 Å². The molecule has 2 atom stereocenters. The van der Waals surface area contributed by atoms with E-state index < -0.39 is 11.7 Å². The number of likely N-dealkylation sites (tertiary alicyclic amines) is 1. The second kappa shape index (κ2) is 12.4. The molecule has 0 radical (unpaired) electrons. The first-order chi connectivity index (χ1) is 18.8. The predicted octanol–water partition coefficient (Wildman–Crippen LogP) is 7.34. The Morgan fingerprint density at radius 1 is 1.07 bits per heavy atom. The summed E-state index contributed by atoms with van der Waals surface area (Å²) in [5, 5.41) is 5.71. The van der Waals surface area contributed by atoms with E-state index in [0.29, 0.717) is 18.2 Å². The highest BCUT2D eigenvalue weighted by atomic mass is 79.9. The van der Waals surface area contributed by atoms with Gasteiger partial charge in [-0.15, -0.1) is 11.3 Å². The fourth-order valence-electron chi connectivity index (χ4n) is 5.36. The molecule has 0 spiro atoms. The lowest BCUT2D eigenvalue weighted by molar-refractivity contribution is -0.119. The lowest BCUT2D eigenvalue weighted by atomic mass is 9.86. The van der Waals surface area contributed by atoms with Crippen molar-refractivity contribution < 1.29 is 14.3 Å². The molecule has 4 rings (SSSR count). The maximum Gasteiger partial charge on any atom is 0.407 e. The van der Waals surface area contributed by atoms with Crippen LogP contribution in [0.1, 0.15) is 45.7 Å². The Kier molecular flexibility index (Phi) is 9.37. The van der Waals surface area contributed by atoms with Crippen LogP contribution < -0.4 is 10.2 Å². The summed E-state index contributed by atoms with van der Waals surface area (Å²) < 4.78 is 6.49. The van der Waals surface area contributed by atoms with Crippen LogP contribution in [0.25, 0.3) is 11.3 Å². The quantitative estimate of drug-likeness (QED) is 0.310. The van der Waals surface area contributed by atoms with Gasteiger partial charge in [0.15, 0.2) is 5.13 Å². The number of alkyl carbamates (subject to hydrolysis) is 1. The van der Waals surface area contributed by atoms with E-state index in [0.717, 1.165) is 32.5 Å². The van der Waals surface area contributed by atoms with Gasteiger partial charge in [0.05, 0.1) is 17.9 Å². The van der Waals surface area contributed by atoms with Crippen molar-refractivity contribution in [3.63, 3.8) is 0 Å². The highest BCUT2D eigenvalue weighted by Crippen LogP contribution is 2.34. The van der Waals surface area contributed by atoms with E-state index in [1.54, 1.807) is 4.90 Å². The van der Waals surface area contributed by atoms with Gasteiger partial charge in [-0.25, -0.2) is 9.78 Å². The lowest BCUT2D eigenvalue weighted by Crippen LogP contribution is -2.56. The molecule has 0 aliphatic carbocycles. The van der Waals surface area contributed by atoms with Crippen molar-refractivity contribution in [1.29, 1.82) is 0 Å². The Hall–Kier alpha value is -2.75. The molecule has 2 unspecified atom stereocenters. The van der Waals surface area contributed by atoms with Crippen LogP contribution in [0.15, 0.2) is 52.3 Å². The molecule has 2 heterocycles. The molecule has 214 valence electrons. The number of benzene rings is 2. The number of carbonyl (C=O) groups excluding carboxylic acids is 2. The van der Waals surface area contributed by atoms with Gasteiger partial charge in [-0.2, -0.15) is 0 Å². The third kappa shape index (κ3) is 7.71. The van der Waals surface area contributed by atoms with Crippen molar-refractivity contribution in [2.45, 2.75) is 60.1 Å². The van der Waals surface area contributed by atoms with Crippen LogP contribution >= 0.6 is 27.3 Å². The van der Waals surface area contributed by atoms with Crippen LogP contribution in [0.4, 0.5) is 15.6 Å². The summed E-state index contributed by atoms with van der Waals surface area (Å²) in [5.74, 6) is 0.282. The number of anilines is 2. The Labute approximate surface area is 250 Å². The topological polar surface area (TPSA) is 74.8 Å². The van der Waals surface area contributed by atoms with Crippen molar-refractivity contribution in [2.75, 3.05) is 24.5 Å². The minimum absolute atomic E-state index is 0.0239. The summed E-state index contributed by atoms with van der Waals surface area (Å²) in [6.07, 6.45) is -0.396. The summed E-state index contributed by atoms with van der Waals surface area (Å²) in [7, 11) is 0. The minimum Gasteiger partial charge on any atom is -0.444 e. The first-order valence-corrected chi connectivity index (χ1v) is 15.3. The van der Waals surface area contributed by atoms with Gasteiger partial charge in [0.1, 0.15) is 5.60 Å². The molecule has 0 bridgehead atoms. The molecule has 1 aliphatic heterocycles.